The Bertz CT molecular complexity index is 838. The second-order valence-corrected chi connectivity index (χ2v) is 7.36. The van der Waals surface area contributed by atoms with Gasteiger partial charge in [0.2, 0.25) is 0 Å². The van der Waals surface area contributed by atoms with Crippen molar-refractivity contribution in [3.8, 4) is 17.3 Å². The monoisotopic (exact) mass is 416 g/mol. The molecule has 3 rings (SSSR count). The van der Waals surface area contributed by atoms with Crippen LogP contribution in [-0.4, -0.2) is 22.4 Å². The first-order chi connectivity index (χ1) is 12.5. The van der Waals surface area contributed by atoms with E-state index in [1.165, 1.54) is 0 Å². The second kappa shape index (κ2) is 7.92. The number of carbonyl (C=O) groups is 1. The summed E-state index contributed by atoms with van der Waals surface area (Å²) in [6.07, 6.45) is 3.24. The fourth-order valence-electron chi connectivity index (χ4n) is 3.51. The number of nitriles is 1. The number of hydrogen-bond acceptors (Lipinski definition) is 5. The lowest BCUT2D eigenvalue weighted by Crippen LogP contribution is -2.27. The molecule has 6 nitrogen and oxygen atoms in total. The Kier molecular flexibility index (Phi) is 5.62. The fraction of sp³-hybridized carbons (Fsp3) is 0.421. The predicted octanol–water partition coefficient (Wildman–Crippen LogP) is 4.06. The van der Waals surface area contributed by atoms with Gasteiger partial charge >= 0.3 is 5.97 Å². The molecule has 0 radical (unpaired) electrons. The van der Waals surface area contributed by atoms with Crippen molar-refractivity contribution in [3.63, 3.8) is 0 Å². The Hall–Kier alpha value is -2.33. The third-order valence-electron chi connectivity index (χ3n) is 4.79. The molecular formula is C19H21BrN4O2. The van der Waals surface area contributed by atoms with Gasteiger partial charge in [0, 0.05) is 10.0 Å². The highest BCUT2D eigenvalue weighted by atomic mass is 79.9. The number of ether oxygens (including phenoxy) is 1. The predicted molar refractivity (Wildman–Crippen MR) is 102 cm³/mol. The van der Waals surface area contributed by atoms with E-state index in [0.29, 0.717) is 30.1 Å². The van der Waals surface area contributed by atoms with Crippen LogP contribution in [0.4, 0.5) is 5.82 Å². The van der Waals surface area contributed by atoms with Crippen LogP contribution >= 0.6 is 15.9 Å². The maximum absolute atomic E-state index is 12.1. The van der Waals surface area contributed by atoms with Gasteiger partial charge in [0.25, 0.3) is 0 Å². The van der Waals surface area contributed by atoms with E-state index < -0.39 is 0 Å². The molecule has 0 amide bonds. The number of nitrogen functional groups attached to an aromatic ring is 1. The lowest BCUT2D eigenvalue weighted by atomic mass is 9.86. The van der Waals surface area contributed by atoms with Crippen LogP contribution < -0.4 is 5.73 Å². The van der Waals surface area contributed by atoms with E-state index in [1.807, 2.05) is 31.2 Å². The number of nitrogens with zero attached hydrogens (tertiary/aromatic N) is 3. The number of hydrogen-bond donors (Lipinski definition) is 1. The van der Waals surface area contributed by atoms with Crippen molar-refractivity contribution in [2.45, 2.75) is 38.6 Å². The van der Waals surface area contributed by atoms with E-state index in [-0.39, 0.29) is 17.9 Å². The quantitative estimate of drug-likeness (QED) is 0.758. The lowest BCUT2D eigenvalue weighted by Gasteiger charge is -2.28. The third-order valence-corrected chi connectivity index (χ3v) is 5.32. The van der Waals surface area contributed by atoms with E-state index in [4.69, 9.17) is 10.5 Å². The lowest BCUT2D eigenvalue weighted by molar-refractivity contribution is -0.149. The normalized spacial score (nSPS) is 19.7. The van der Waals surface area contributed by atoms with Gasteiger partial charge in [-0.15, -0.1) is 0 Å². The van der Waals surface area contributed by atoms with Crippen molar-refractivity contribution in [1.29, 1.82) is 5.26 Å². The maximum atomic E-state index is 12.1. The molecular weight excluding hydrogens is 396 g/mol. The largest absolute Gasteiger partial charge is 0.466 e. The van der Waals surface area contributed by atoms with Crippen LogP contribution in [0.1, 0.15) is 44.2 Å². The molecule has 2 aromatic rings. The van der Waals surface area contributed by atoms with Crippen molar-refractivity contribution < 1.29 is 9.53 Å². The van der Waals surface area contributed by atoms with Gasteiger partial charge in [-0.3, -0.25) is 4.79 Å². The van der Waals surface area contributed by atoms with Gasteiger partial charge in [-0.25, -0.2) is 4.68 Å². The second-order valence-electron chi connectivity index (χ2n) is 6.44. The number of anilines is 1. The molecule has 0 saturated heterocycles. The number of rotatable bonds is 4. The third kappa shape index (κ3) is 3.61. The summed E-state index contributed by atoms with van der Waals surface area (Å²) in [7, 11) is 0. The van der Waals surface area contributed by atoms with Crippen molar-refractivity contribution >= 4 is 27.7 Å². The first-order valence-electron chi connectivity index (χ1n) is 8.75. The molecule has 2 unspecified atom stereocenters. The molecule has 136 valence electrons. The summed E-state index contributed by atoms with van der Waals surface area (Å²) in [5.41, 5.74) is 8.05. The van der Waals surface area contributed by atoms with Crippen molar-refractivity contribution in [2.75, 3.05) is 12.3 Å². The highest BCUT2D eigenvalue weighted by Crippen LogP contribution is 2.37. The molecule has 1 aliphatic rings. The Morgan fingerprint density at radius 1 is 1.42 bits per heavy atom. The van der Waals surface area contributed by atoms with E-state index in [9.17, 15) is 10.1 Å². The average molecular weight is 417 g/mol. The maximum Gasteiger partial charge on any atom is 0.308 e. The SMILES string of the molecule is CCOC(=O)C1CCCC(n2nc(-c3ccc(Br)cc3)c(C#N)c2N)C1. The number of halogens is 1. The molecule has 0 spiro atoms. The minimum atomic E-state index is -0.156. The molecule has 1 saturated carbocycles. The first kappa shape index (κ1) is 18.5. The Morgan fingerprint density at radius 2 is 2.15 bits per heavy atom. The molecule has 0 aliphatic heterocycles. The summed E-state index contributed by atoms with van der Waals surface area (Å²) < 4.78 is 7.85. The van der Waals surface area contributed by atoms with Crippen molar-refractivity contribution in [1.82, 2.24) is 9.78 Å². The fourth-order valence-corrected chi connectivity index (χ4v) is 3.77. The van der Waals surface area contributed by atoms with Gasteiger partial charge in [-0.2, -0.15) is 10.4 Å². The summed E-state index contributed by atoms with van der Waals surface area (Å²) in [4.78, 5) is 12.1. The topological polar surface area (TPSA) is 93.9 Å². The molecule has 1 aliphatic carbocycles. The zero-order chi connectivity index (χ0) is 18.7. The zero-order valence-electron chi connectivity index (χ0n) is 14.6. The van der Waals surface area contributed by atoms with Crippen LogP contribution in [0.15, 0.2) is 28.7 Å². The highest BCUT2D eigenvalue weighted by molar-refractivity contribution is 9.10. The van der Waals surface area contributed by atoms with Crippen LogP contribution in [0.5, 0.6) is 0 Å². The molecule has 26 heavy (non-hydrogen) atoms. The van der Waals surface area contributed by atoms with Crippen LogP contribution in [-0.2, 0) is 9.53 Å². The minimum absolute atomic E-state index is 0.00513. The molecule has 0 bridgehead atoms. The summed E-state index contributed by atoms with van der Waals surface area (Å²) in [6, 6.07) is 9.79. The number of benzene rings is 1. The van der Waals surface area contributed by atoms with Crippen LogP contribution in [0, 0.1) is 17.2 Å². The number of nitrogens with two attached hydrogens (primary N) is 1. The van der Waals surface area contributed by atoms with Gasteiger partial charge in [0.1, 0.15) is 23.1 Å². The Morgan fingerprint density at radius 3 is 2.81 bits per heavy atom. The highest BCUT2D eigenvalue weighted by Gasteiger charge is 2.31. The smallest absolute Gasteiger partial charge is 0.308 e. The summed E-state index contributed by atoms with van der Waals surface area (Å²) in [5.74, 6) is 0.0652. The van der Waals surface area contributed by atoms with E-state index >= 15 is 0 Å². The number of esters is 1. The summed E-state index contributed by atoms with van der Waals surface area (Å²) in [5, 5.41) is 14.2. The molecule has 2 N–H and O–H groups in total. The van der Waals surface area contributed by atoms with E-state index in [1.54, 1.807) is 4.68 Å². The van der Waals surface area contributed by atoms with Crippen LogP contribution in [0.25, 0.3) is 11.3 Å². The zero-order valence-corrected chi connectivity index (χ0v) is 16.2. The summed E-state index contributed by atoms with van der Waals surface area (Å²) in [6.45, 7) is 2.20. The van der Waals surface area contributed by atoms with Crippen molar-refractivity contribution in [3.05, 3.63) is 34.3 Å². The molecule has 1 fully saturated rings. The molecule has 1 aromatic carbocycles. The van der Waals surface area contributed by atoms with Gasteiger partial charge in [0.15, 0.2) is 0 Å². The Labute approximate surface area is 161 Å². The Balaban J connectivity index is 1.92. The first-order valence-corrected chi connectivity index (χ1v) is 9.55. The van der Waals surface area contributed by atoms with Crippen LogP contribution in [0.2, 0.25) is 0 Å². The minimum Gasteiger partial charge on any atom is -0.466 e. The molecule has 2 atom stereocenters. The molecule has 7 heteroatoms. The molecule has 1 heterocycles. The standard InChI is InChI=1S/C19H21BrN4O2/c1-2-26-19(25)13-4-3-5-15(10-13)24-18(22)16(11-21)17(23-24)12-6-8-14(20)9-7-12/h6-9,13,15H,2-5,10,22H2,1H3. The number of aromatic nitrogens is 2. The van der Waals surface area contributed by atoms with Crippen molar-refractivity contribution in [2.24, 2.45) is 5.92 Å². The van der Waals surface area contributed by atoms with E-state index in [2.05, 4.69) is 27.1 Å². The van der Waals surface area contributed by atoms with Gasteiger partial charge in [-0.1, -0.05) is 34.5 Å². The summed E-state index contributed by atoms with van der Waals surface area (Å²) >= 11 is 3.41. The average Bonchev–Trinajstić information content (AvgIpc) is 2.99. The molecule has 1 aromatic heterocycles. The van der Waals surface area contributed by atoms with E-state index in [0.717, 1.165) is 29.3 Å². The van der Waals surface area contributed by atoms with Gasteiger partial charge in [-0.05, 0) is 38.3 Å². The van der Waals surface area contributed by atoms with Gasteiger partial charge in [0.05, 0.1) is 18.6 Å². The number of carbonyl (C=O) groups excluding carboxylic acids is 1. The van der Waals surface area contributed by atoms with Crippen LogP contribution in [0.3, 0.4) is 0 Å². The van der Waals surface area contributed by atoms with Gasteiger partial charge < -0.3 is 10.5 Å².